The lowest BCUT2D eigenvalue weighted by atomic mass is 10.1. The van der Waals surface area contributed by atoms with Crippen molar-refractivity contribution in [3.05, 3.63) is 70.0 Å². The summed E-state index contributed by atoms with van der Waals surface area (Å²) in [7, 11) is 0. The first-order valence-corrected chi connectivity index (χ1v) is 7.63. The summed E-state index contributed by atoms with van der Waals surface area (Å²) in [5.74, 6) is -0.360. The van der Waals surface area contributed by atoms with Gasteiger partial charge in [-0.05, 0) is 55.2 Å². The van der Waals surface area contributed by atoms with Crippen molar-refractivity contribution in [3.8, 4) is 0 Å². The Labute approximate surface area is 135 Å². The molecule has 4 heteroatoms. The van der Waals surface area contributed by atoms with Crippen molar-refractivity contribution in [2.24, 2.45) is 0 Å². The topological polar surface area (TPSA) is 29.1 Å². The minimum absolute atomic E-state index is 0.0616. The van der Waals surface area contributed by atoms with Gasteiger partial charge in [-0.15, -0.1) is 0 Å². The number of benzene rings is 2. The molecule has 0 aromatic heterocycles. The quantitative estimate of drug-likeness (QED) is 0.857. The number of carbonyl (C=O) groups is 1. The predicted octanol–water partition coefficient (Wildman–Crippen LogP) is 4.60. The van der Waals surface area contributed by atoms with E-state index >= 15 is 0 Å². The van der Waals surface area contributed by atoms with Crippen LogP contribution in [0.25, 0.3) is 0 Å². The number of amides is 1. The van der Waals surface area contributed by atoms with Crippen LogP contribution in [-0.2, 0) is 11.2 Å². The lowest BCUT2D eigenvalue weighted by Crippen LogP contribution is -2.26. The van der Waals surface area contributed by atoms with Crippen LogP contribution in [0.5, 0.6) is 0 Å². The van der Waals surface area contributed by atoms with Crippen LogP contribution in [0, 0.1) is 12.7 Å². The normalized spacial score (nSPS) is 12.0. The number of carbonyl (C=O) groups excluding carboxylic acids is 1. The SMILES string of the molecule is Cc1ccc(CCC(=O)NC(C)c2cccc(F)c2)cc1Cl. The summed E-state index contributed by atoms with van der Waals surface area (Å²) in [6.45, 7) is 3.79. The van der Waals surface area contributed by atoms with E-state index in [0.29, 0.717) is 17.9 Å². The molecule has 0 aliphatic carbocycles. The third-order valence-corrected chi connectivity index (χ3v) is 4.01. The zero-order valence-corrected chi connectivity index (χ0v) is 13.5. The number of hydrogen-bond acceptors (Lipinski definition) is 1. The van der Waals surface area contributed by atoms with Crippen LogP contribution in [0.2, 0.25) is 5.02 Å². The van der Waals surface area contributed by atoms with Gasteiger partial charge in [0.25, 0.3) is 0 Å². The summed E-state index contributed by atoms with van der Waals surface area (Å²) < 4.78 is 13.2. The van der Waals surface area contributed by atoms with Gasteiger partial charge >= 0.3 is 0 Å². The molecule has 0 bridgehead atoms. The highest BCUT2D eigenvalue weighted by Gasteiger charge is 2.10. The molecule has 0 saturated heterocycles. The van der Waals surface area contributed by atoms with Crippen LogP contribution in [0.3, 0.4) is 0 Å². The molecular formula is C18H19ClFNO. The lowest BCUT2D eigenvalue weighted by molar-refractivity contribution is -0.121. The van der Waals surface area contributed by atoms with Gasteiger partial charge < -0.3 is 5.32 Å². The average molecular weight is 320 g/mol. The van der Waals surface area contributed by atoms with E-state index in [4.69, 9.17) is 11.6 Å². The summed E-state index contributed by atoms with van der Waals surface area (Å²) >= 11 is 6.07. The molecule has 1 amide bonds. The molecule has 0 fully saturated rings. The van der Waals surface area contributed by atoms with Crippen LogP contribution in [-0.4, -0.2) is 5.91 Å². The van der Waals surface area contributed by atoms with E-state index in [1.165, 1.54) is 12.1 Å². The molecule has 1 N–H and O–H groups in total. The van der Waals surface area contributed by atoms with Gasteiger partial charge in [-0.2, -0.15) is 0 Å². The molecule has 2 aromatic rings. The van der Waals surface area contributed by atoms with Gasteiger partial charge in [-0.3, -0.25) is 4.79 Å². The lowest BCUT2D eigenvalue weighted by Gasteiger charge is -2.14. The first-order valence-electron chi connectivity index (χ1n) is 7.25. The number of nitrogens with one attached hydrogen (secondary N) is 1. The molecule has 0 spiro atoms. The van der Waals surface area contributed by atoms with Gasteiger partial charge in [0.05, 0.1) is 6.04 Å². The van der Waals surface area contributed by atoms with E-state index in [0.717, 1.165) is 16.7 Å². The molecule has 0 heterocycles. The van der Waals surface area contributed by atoms with Crippen LogP contribution >= 0.6 is 11.6 Å². The minimum atomic E-state index is -0.298. The van der Waals surface area contributed by atoms with Crippen LogP contribution in [0.4, 0.5) is 4.39 Å². The third kappa shape index (κ3) is 4.57. The Kier molecular flexibility index (Phi) is 5.56. The van der Waals surface area contributed by atoms with E-state index in [1.54, 1.807) is 12.1 Å². The first kappa shape index (κ1) is 16.5. The highest BCUT2D eigenvalue weighted by molar-refractivity contribution is 6.31. The summed E-state index contributed by atoms with van der Waals surface area (Å²) in [6, 6.07) is 11.9. The van der Waals surface area contributed by atoms with Gasteiger partial charge in [-0.25, -0.2) is 4.39 Å². The molecule has 0 aliphatic rings. The number of hydrogen-bond donors (Lipinski definition) is 1. The summed E-state index contributed by atoms with van der Waals surface area (Å²) in [6.07, 6.45) is 1.00. The number of rotatable bonds is 5. The van der Waals surface area contributed by atoms with E-state index in [1.807, 2.05) is 32.0 Å². The highest BCUT2D eigenvalue weighted by Crippen LogP contribution is 2.18. The zero-order valence-electron chi connectivity index (χ0n) is 12.7. The maximum Gasteiger partial charge on any atom is 0.220 e. The molecule has 1 atom stereocenters. The number of aryl methyl sites for hydroxylation is 2. The molecule has 0 radical (unpaired) electrons. The van der Waals surface area contributed by atoms with Crippen LogP contribution < -0.4 is 5.32 Å². The second-order valence-corrected chi connectivity index (χ2v) is 5.83. The van der Waals surface area contributed by atoms with Gasteiger partial charge in [0, 0.05) is 11.4 Å². The maximum atomic E-state index is 13.2. The van der Waals surface area contributed by atoms with Crippen molar-refractivity contribution in [1.82, 2.24) is 5.32 Å². The molecular weight excluding hydrogens is 301 g/mol. The van der Waals surface area contributed by atoms with Crippen molar-refractivity contribution < 1.29 is 9.18 Å². The van der Waals surface area contributed by atoms with Gasteiger partial charge in [0.15, 0.2) is 0 Å². The Bertz CT molecular complexity index is 672. The smallest absolute Gasteiger partial charge is 0.220 e. The fourth-order valence-corrected chi connectivity index (χ4v) is 2.43. The Morgan fingerprint density at radius 1 is 1.27 bits per heavy atom. The number of halogens is 2. The Morgan fingerprint density at radius 3 is 2.73 bits per heavy atom. The molecule has 2 nitrogen and oxygen atoms in total. The molecule has 1 unspecified atom stereocenters. The first-order chi connectivity index (χ1) is 10.5. The van der Waals surface area contributed by atoms with E-state index in [9.17, 15) is 9.18 Å². The van der Waals surface area contributed by atoms with Crippen LogP contribution in [0.15, 0.2) is 42.5 Å². The monoisotopic (exact) mass is 319 g/mol. The predicted molar refractivity (Wildman–Crippen MR) is 87.5 cm³/mol. The van der Waals surface area contributed by atoms with E-state index < -0.39 is 0 Å². The molecule has 2 rings (SSSR count). The minimum Gasteiger partial charge on any atom is -0.350 e. The molecule has 2 aromatic carbocycles. The molecule has 116 valence electrons. The molecule has 0 saturated carbocycles. The van der Waals surface area contributed by atoms with Gasteiger partial charge in [0.1, 0.15) is 5.82 Å². The van der Waals surface area contributed by atoms with Crippen molar-refractivity contribution in [3.63, 3.8) is 0 Å². The van der Waals surface area contributed by atoms with Crippen molar-refractivity contribution in [2.45, 2.75) is 32.7 Å². The largest absolute Gasteiger partial charge is 0.350 e. The van der Waals surface area contributed by atoms with Gasteiger partial charge in [-0.1, -0.05) is 35.9 Å². The van der Waals surface area contributed by atoms with E-state index in [2.05, 4.69) is 5.32 Å². The van der Waals surface area contributed by atoms with Crippen molar-refractivity contribution in [2.75, 3.05) is 0 Å². The Hall–Kier alpha value is -1.87. The second kappa shape index (κ2) is 7.41. The third-order valence-electron chi connectivity index (χ3n) is 3.60. The van der Waals surface area contributed by atoms with Crippen molar-refractivity contribution >= 4 is 17.5 Å². The standard InChI is InChI=1S/C18H19ClFNO/c1-12-6-7-14(10-17(12)19)8-9-18(22)21-13(2)15-4-3-5-16(20)11-15/h3-7,10-11,13H,8-9H2,1-2H3,(H,21,22). The Morgan fingerprint density at radius 2 is 2.05 bits per heavy atom. The zero-order chi connectivity index (χ0) is 16.1. The Balaban J connectivity index is 1.88. The average Bonchev–Trinajstić information content (AvgIpc) is 2.48. The fraction of sp³-hybridized carbons (Fsp3) is 0.278. The summed E-state index contributed by atoms with van der Waals surface area (Å²) in [5.41, 5.74) is 2.81. The van der Waals surface area contributed by atoms with Crippen LogP contribution in [0.1, 0.15) is 36.1 Å². The summed E-state index contributed by atoms with van der Waals surface area (Å²) in [5, 5.41) is 3.59. The second-order valence-electron chi connectivity index (χ2n) is 5.43. The highest BCUT2D eigenvalue weighted by atomic mass is 35.5. The van der Waals surface area contributed by atoms with E-state index in [-0.39, 0.29) is 17.8 Å². The molecule has 0 aliphatic heterocycles. The molecule has 22 heavy (non-hydrogen) atoms. The maximum absolute atomic E-state index is 13.2. The van der Waals surface area contributed by atoms with Gasteiger partial charge in [0.2, 0.25) is 5.91 Å². The summed E-state index contributed by atoms with van der Waals surface area (Å²) in [4.78, 5) is 12.0. The van der Waals surface area contributed by atoms with Crippen molar-refractivity contribution in [1.29, 1.82) is 0 Å². The fourth-order valence-electron chi connectivity index (χ4n) is 2.22.